The maximum atomic E-state index is 12.2. The molecule has 2 aliphatic rings. The molecule has 0 aromatic rings. The Bertz CT molecular complexity index is 267. The number of hydrogen-bond acceptors (Lipinski definition) is 3. The third kappa shape index (κ3) is 3.69. The molecule has 1 unspecified atom stereocenters. The van der Waals surface area contributed by atoms with E-state index < -0.39 is 0 Å². The number of hydrogen-bond donors (Lipinski definition) is 1. The first-order valence-corrected chi connectivity index (χ1v) is 7.28. The van der Waals surface area contributed by atoms with Crippen molar-refractivity contribution in [1.82, 2.24) is 10.2 Å². The second kappa shape index (κ2) is 6.53. The first-order valence-electron chi connectivity index (χ1n) is 7.28. The highest BCUT2D eigenvalue weighted by atomic mass is 16.5. The Kier molecular flexibility index (Phi) is 5.01. The topological polar surface area (TPSA) is 41.6 Å². The van der Waals surface area contributed by atoms with Gasteiger partial charge in [0.25, 0.3) is 0 Å². The van der Waals surface area contributed by atoms with Gasteiger partial charge >= 0.3 is 0 Å². The van der Waals surface area contributed by atoms with Crippen LogP contribution in [-0.2, 0) is 9.53 Å². The van der Waals surface area contributed by atoms with Crippen molar-refractivity contribution in [3.8, 4) is 0 Å². The van der Waals surface area contributed by atoms with Crippen LogP contribution in [0.4, 0.5) is 0 Å². The third-order valence-corrected chi connectivity index (χ3v) is 3.83. The zero-order chi connectivity index (χ0) is 13.0. The van der Waals surface area contributed by atoms with Gasteiger partial charge in [0.2, 0.25) is 5.91 Å². The summed E-state index contributed by atoms with van der Waals surface area (Å²) in [6.07, 6.45) is 3.36. The van der Waals surface area contributed by atoms with Crippen molar-refractivity contribution in [1.29, 1.82) is 0 Å². The molecule has 104 valence electrons. The lowest BCUT2D eigenvalue weighted by Crippen LogP contribution is -2.44. The summed E-state index contributed by atoms with van der Waals surface area (Å²) in [6.45, 7) is 8.78. The van der Waals surface area contributed by atoms with E-state index >= 15 is 0 Å². The Hall–Kier alpha value is -0.610. The molecule has 0 radical (unpaired) electrons. The number of nitrogens with one attached hydrogen (secondary N) is 1. The molecule has 4 heteroatoms. The van der Waals surface area contributed by atoms with Crippen molar-refractivity contribution in [3.05, 3.63) is 0 Å². The molecule has 0 spiro atoms. The van der Waals surface area contributed by atoms with Crippen LogP contribution >= 0.6 is 0 Å². The van der Waals surface area contributed by atoms with Gasteiger partial charge in [0.05, 0.1) is 12.0 Å². The molecule has 0 aromatic carbocycles. The predicted molar refractivity (Wildman–Crippen MR) is 71.4 cm³/mol. The van der Waals surface area contributed by atoms with Gasteiger partial charge in [-0.1, -0.05) is 13.8 Å². The van der Waals surface area contributed by atoms with E-state index in [0.29, 0.717) is 17.9 Å². The Balaban J connectivity index is 1.70. The highest BCUT2D eigenvalue weighted by molar-refractivity contribution is 5.79. The number of carbonyl (C=O) groups excluding carboxylic acids is 1. The maximum absolute atomic E-state index is 12.2. The van der Waals surface area contributed by atoms with Crippen LogP contribution in [0.1, 0.15) is 33.1 Å². The van der Waals surface area contributed by atoms with E-state index in [4.69, 9.17) is 4.74 Å². The molecule has 4 nitrogen and oxygen atoms in total. The molecule has 1 atom stereocenters. The molecule has 1 amide bonds. The predicted octanol–water partition coefficient (Wildman–Crippen LogP) is 1.26. The summed E-state index contributed by atoms with van der Waals surface area (Å²) in [5, 5.41) is 3.26. The Morgan fingerprint density at radius 3 is 2.61 bits per heavy atom. The van der Waals surface area contributed by atoms with Gasteiger partial charge in [-0.3, -0.25) is 4.79 Å². The van der Waals surface area contributed by atoms with Crippen molar-refractivity contribution >= 4 is 5.91 Å². The first kappa shape index (κ1) is 13.8. The van der Waals surface area contributed by atoms with Crippen LogP contribution in [0.2, 0.25) is 0 Å². The van der Waals surface area contributed by atoms with E-state index in [9.17, 15) is 4.79 Å². The minimum absolute atomic E-state index is 0.220. The fourth-order valence-electron chi connectivity index (χ4n) is 2.70. The summed E-state index contributed by atoms with van der Waals surface area (Å²) in [6, 6.07) is 0. The molecular weight excluding hydrogens is 228 g/mol. The SMILES string of the molecule is CC(C)COC1CCN(C(=O)C2CCNC2)CC1. The fourth-order valence-corrected chi connectivity index (χ4v) is 2.70. The van der Waals surface area contributed by atoms with Gasteiger partial charge in [-0.05, 0) is 31.7 Å². The van der Waals surface area contributed by atoms with Gasteiger partial charge in [-0.15, -0.1) is 0 Å². The number of amides is 1. The van der Waals surface area contributed by atoms with E-state index in [2.05, 4.69) is 19.2 Å². The summed E-state index contributed by atoms with van der Waals surface area (Å²) in [5.74, 6) is 1.16. The van der Waals surface area contributed by atoms with Crippen molar-refractivity contribution in [2.45, 2.75) is 39.2 Å². The molecule has 0 aliphatic carbocycles. The lowest BCUT2D eigenvalue weighted by molar-refractivity contribution is -0.137. The molecule has 0 aromatic heterocycles. The van der Waals surface area contributed by atoms with Crippen LogP contribution in [0.25, 0.3) is 0 Å². The Labute approximate surface area is 110 Å². The molecule has 2 saturated heterocycles. The summed E-state index contributed by atoms with van der Waals surface area (Å²) in [7, 11) is 0. The Morgan fingerprint density at radius 1 is 1.33 bits per heavy atom. The molecule has 2 aliphatic heterocycles. The van der Waals surface area contributed by atoms with E-state index in [-0.39, 0.29) is 5.92 Å². The van der Waals surface area contributed by atoms with E-state index in [1.54, 1.807) is 0 Å². The quantitative estimate of drug-likeness (QED) is 0.821. The van der Waals surface area contributed by atoms with Gasteiger partial charge in [0, 0.05) is 26.2 Å². The number of ether oxygens (including phenoxy) is 1. The largest absolute Gasteiger partial charge is 0.378 e. The average Bonchev–Trinajstić information content (AvgIpc) is 2.90. The zero-order valence-corrected chi connectivity index (χ0v) is 11.7. The Morgan fingerprint density at radius 2 is 2.06 bits per heavy atom. The minimum atomic E-state index is 0.220. The zero-order valence-electron chi connectivity index (χ0n) is 11.7. The monoisotopic (exact) mass is 254 g/mol. The van der Waals surface area contributed by atoms with Gasteiger partial charge < -0.3 is 15.0 Å². The number of rotatable bonds is 4. The normalized spacial score (nSPS) is 25.9. The van der Waals surface area contributed by atoms with Gasteiger partial charge in [-0.2, -0.15) is 0 Å². The van der Waals surface area contributed by atoms with Crippen LogP contribution in [0.3, 0.4) is 0 Å². The van der Waals surface area contributed by atoms with E-state index in [0.717, 1.165) is 52.0 Å². The van der Waals surface area contributed by atoms with Crippen molar-refractivity contribution in [3.63, 3.8) is 0 Å². The lowest BCUT2D eigenvalue weighted by atomic mass is 10.0. The van der Waals surface area contributed by atoms with E-state index in [1.807, 2.05) is 4.90 Å². The summed E-state index contributed by atoms with van der Waals surface area (Å²) >= 11 is 0. The van der Waals surface area contributed by atoms with Crippen LogP contribution in [0, 0.1) is 11.8 Å². The van der Waals surface area contributed by atoms with Crippen LogP contribution in [-0.4, -0.2) is 49.7 Å². The smallest absolute Gasteiger partial charge is 0.227 e. The van der Waals surface area contributed by atoms with Crippen LogP contribution in [0.5, 0.6) is 0 Å². The highest BCUT2D eigenvalue weighted by Gasteiger charge is 2.30. The minimum Gasteiger partial charge on any atom is -0.378 e. The van der Waals surface area contributed by atoms with Crippen molar-refractivity contribution < 1.29 is 9.53 Å². The number of likely N-dealkylation sites (tertiary alicyclic amines) is 1. The number of carbonyl (C=O) groups is 1. The molecule has 1 N–H and O–H groups in total. The third-order valence-electron chi connectivity index (χ3n) is 3.83. The average molecular weight is 254 g/mol. The molecule has 0 saturated carbocycles. The van der Waals surface area contributed by atoms with Crippen molar-refractivity contribution in [2.75, 3.05) is 32.8 Å². The molecular formula is C14H26N2O2. The second-order valence-corrected chi connectivity index (χ2v) is 5.94. The van der Waals surface area contributed by atoms with Gasteiger partial charge in [0.1, 0.15) is 0 Å². The molecule has 18 heavy (non-hydrogen) atoms. The summed E-state index contributed by atoms with van der Waals surface area (Å²) in [5.41, 5.74) is 0. The summed E-state index contributed by atoms with van der Waals surface area (Å²) < 4.78 is 5.85. The van der Waals surface area contributed by atoms with Gasteiger partial charge in [0.15, 0.2) is 0 Å². The number of piperidine rings is 1. The van der Waals surface area contributed by atoms with Crippen LogP contribution < -0.4 is 5.32 Å². The summed E-state index contributed by atoms with van der Waals surface area (Å²) in [4.78, 5) is 14.3. The molecule has 2 fully saturated rings. The van der Waals surface area contributed by atoms with Crippen molar-refractivity contribution in [2.24, 2.45) is 11.8 Å². The second-order valence-electron chi connectivity index (χ2n) is 5.94. The standard InChI is InChI=1S/C14H26N2O2/c1-11(2)10-18-13-4-7-16(8-5-13)14(17)12-3-6-15-9-12/h11-13,15H,3-10H2,1-2H3. The number of nitrogens with zero attached hydrogens (tertiary/aromatic N) is 1. The first-order chi connectivity index (χ1) is 8.66. The lowest BCUT2D eigenvalue weighted by Gasteiger charge is -2.33. The van der Waals surface area contributed by atoms with Gasteiger partial charge in [-0.25, -0.2) is 0 Å². The highest BCUT2D eigenvalue weighted by Crippen LogP contribution is 2.19. The maximum Gasteiger partial charge on any atom is 0.227 e. The van der Waals surface area contributed by atoms with E-state index in [1.165, 1.54) is 0 Å². The van der Waals surface area contributed by atoms with Crippen LogP contribution in [0.15, 0.2) is 0 Å². The fraction of sp³-hybridized carbons (Fsp3) is 0.929. The molecule has 2 rings (SSSR count). The molecule has 2 heterocycles. The molecule has 0 bridgehead atoms.